The minimum Gasteiger partial charge on any atom is -0.387 e. The molecular formula is C18H22N6O. The molecule has 130 valence electrons. The predicted molar refractivity (Wildman–Crippen MR) is 95.4 cm³/mol. The van der Waals surface area contributed by atoms with Crippen molar-refractivity contribution in [2.75, 3.05) is 31.1 Å². The van der Waals surface area contributed by atoms with Gasteiger partial charge in [0.05, 0.1) is 6.10 Å². The van der Waals surface area contributed by atoms with Crippen molar-refractivity contribution in [1.82, 2.24) is 24.7 Å². The van der Waals surface area contributed by atoms with Crippen LogP contribution in [0.15, 0.2) is 48.8 Å². The average molecular weight is 338 g/mol. The molecule has 1 aliphatic heterocycles. The first-order chi connectivity index (χ1) is 12.2. The standard InChI is InChI=1S/C18H22N6O/c1-14-11-22(12-16(25)15-5-3-2-4-6-15)9-10-23(14)18-8-7-17-20-19-13-24(17)21-18/h2-8,13-14,16,25H,9-12H2,1H3/t14-,16+/m0/s1. The third-order valence-electron chi connectivity index (χ3n) is 4.77. The SMILES string of the molecule is C[C@H]1CN(C[C@@H](O)c2ccccc2)CCN1c1ccc2nncn2n1. The fourth-order valence-electron chi connectivity index (χ4n) is 3.44. The van der Waals surface area contributed by atoms with Crippen molar-refractivity contribution in [2.24, 2.45) is 0 Å². The number of hydrogen-bond donors (Lipinski definition) is 1. The van der Waals surface area contributed by atoms with Gasteiger partial charge in [0.1, 0.15) is 12.1 Å². The summed E-state index contributed by atoms with van der Waals surface area (Å²) in [5.74, 6) is 0.933. The molecule has 25 heavy (non-hydrogen) atoms. The van der Waals surface area contributed by atoms with E-state index >= 15 is 0 Å². The summed E-state index contributed by atoms with van der Waals surface area (Å²) in [4.78, 5) is 4.61. The van der Waals surface area contributed by atoms with Crippen LogP contribution in [0.3, 0.4) is 0 Å². The normalized spacial score (nSPS) is 20.1. The zero-order valence-corrected chi connectivity index (χ0v) is 14.2. The highest BCUT2D eigenvalue weighted by Gasteiger charge is 2.26. The molecule has 0 amide bonds. The van der Waals surface area contributed by atoms with Crippen LogP contribution in [0.1, 0.15) is 18.6 Å². The van der Waals surface area contributed by atoms with Crippen LogP contribution < -0.4 is 4.90 Å². The van der Waals surface area contributed by atoms with Crippen molar-refractivity contribution in [2.45, 2.75) is 19.1 Å². The highest BCUT2D eigenvalue weighted by molar-refractivity contribution is 5.46. The number of β-amino-alcohol motifs (C(OH)–C–C–N with tert-alkyl or cyclic N) is 1. The first kappa shape index (κ1) is 16.0. The number of rotatable bonds is 4. The van der Waals surface area contributed by atoms with E-state index in [1.54, 1.807) is 10.8 Å². The topological polar surface area (TPSA) is 69.8 Å². The molecule has 0 aliphatic carbocycles. The van der Waals surface area contributed by atoms with Crippen LogP contribution in [0.4, 0.5) is 5.82 Å². The predicted octanol–water partition coefficient (Wildman–Crippen LogP) is 1.37. The van der Waals surface area contributed by atoms with E-state index in [4.69, 9.17) is 0 Å². The molecule has 0 saturated carbocycles. The molecule has 0 radical (unpaired) electrons. The van der Waals surface area contributed by atoms with E-state index in [1.165, 1.54) is 0 Å². The third-order valence-corrected chi connectivity index (χ3v) is 4.77. The summed E-state index contributed by atoms with van der Waals surface area (Å²) >= 11 is 0. The van der Waals surface area contributed by atoms with Gasteiger partial charge < -0.3 is 10.0 Å². The Morgan fingerprint density at radius 3 is 2.80 bits per heavy atom. The van der Waals surface area contributed by atoms with Gasteiger partial charge in [-0.3, -0.25) is 4.90 Å². The molecule has 2 atom stereocenters. The second kappa shape index (κ2) is 6.78. The third kappa shape index (κ3) is 3.33. The molecule has 1 aromatic carbocycles. The summed E-state index contributed by atoms with van der Waals surface area (Å²) in [6, 6.07) is 14.1. The lowest BCUT2D eigenvalue weighted by molar-refractivity contribution is 0.102. The Morgan fingerprint density at radius 2 is 2.00 bits per heavy atom. The van der Waals surface area contributed by atoms with Crippen LogP contribution in [0.25, 0.3) is 5.65 Å². The zero-order chi connectivity index (χ0) is 17.2. The number of piperazine rings is 1. The van der Waals surface area contributed by atoms with E-state index in [2.05, 4.69) is 32.0 Å². The van der Waals surface area contributed by atoms with Crippen LogP contribution in [0.5, 0.6) is 0 Å². The van der Waals surface area contributed by atoms with Gasteiger partial charge in [0.25, 0.3) is 0 Å². The molecule has 2 aromatic heterocycles. The van der Waals surface area contributed by atoms with Gasteiger partial charge in [-0.15, -0.1) is 15.3 Å². The maximum atomic E-state index is 10.5. The molecule has 7 heteroatoms. The number of fused-ring (bicyclic) bond motifs is 1. The molecule has 4 rings (SSSR count). The first-order valence-corrected chi connectivity index (χ1v) is 8.60. The molecule has 7 nitrogen and oxygen atoms in total. The Balaban J connectivity index is 1.41. The number of aliphatic hydroxyl groups excluding tert-OH is 1. The van der Waals surface area contributed by atoms with Crippen molar-refractivity contribution >= 4 is 11.5 Å². The monoisotopic (exact) mass is 338 g/mol. The molecule has 0 bridgehead atoms. The highest BCUT2D eigenvalue weighted by atomic mass is 16.3. The molecule has 0 spiro atoms. The molecule has 3 heterocycles. The van der Waals surface area contributed by atoms with Crippen molar-refractivity contribution < 1.29 is 5.11 Å². The Hall–Kier alpha value is -2.51. The maximum Gasteiger partial charge on any atom is 0.177 e. The molecule has 1 saturated heterocycles. The van der Waals surface area contributed by atoms with Crippen LogP contribution in [0, 0.1) is 0 Å². The molecule has 3 aromatic rings. The van der Waals surface area contributed by atoms with E-state index in [1.807, 2.05) is 42.5 Å². The van der Waals surface area contributed by atoms with Crippen molar-refractivity contribution in [3.63, 3.8) is 0 Å². The highest BCUT2D eigenvalue weighted by Crippen LogP contribution is 2.21. The maximum absolute atomic E-state index is 10.5. The smallest absolute Gasteiger partial charge is 0.177 e. The minimum atomic E-state index is -0.452. The molecule has 0 unspecified atom stereocenters. The van der Waals surface area contributed by atoms with Crippen molar-refractivity contribution in [3.05, 3.63) is 54.4 Å². The summed E-state index contributed by atoms with van der Waals surface area (Å²) in [7, 11) is 0. The van der Waals surface area contributed by atoms with Gasteiger partial charge in [-0.25, -0.2) is 0 Å². The summed E-state index contributed by atoms with van der Waals surface area (Å²) < 4.78 is 1.70. The number of aliphatic hydroxyl groups is 1. The molecular weight excluding hydrogens is 316 g/mol. The van der Waals surface area contributed by atoms with Gasteiger partial charge >= 0.3 is 0 Å². The van der Waals surface area contributed by atoms with E-state index in [0.29, 0.717) is 12.6 Å². The van der Waals surface area contributed by atoms with E-state index in [0.717, 1.165) is 36.7 Å². The van der Waals surface area contributed by atoms with Gasteiger partial charge in [-0.05, 0) is 24.6 Å². The summed E-state index contributed by atoms with van der Waals surface area (Å²) in [5.41, 5.74) is 1.72. The Morgan fingerprint density at radius 1 is 1.16 bits per heavy atom. The van der Waals surface area contributed by atoms with Crippen molar-refractivity contribution in [1.29, 1.82) is 0 Å². The number of nitrogens with zero attached hydrogens (tertiary/aromatic N) is 6. The van der Waals surface area contributed by atoms with Gasteiger partial charge in [0, 0.05) is 32.2 Å². The van der Waals surface area contributed by atoms with Crippen molar-refractivity contribution in [3.8, 4) is 0 Å². The second-order valence-electron chi connectivity index (χ2n) is 6.55. The van der Waals surface area contributed by atoms with Crippen LogP contribution >= 0.6 is 0 Å². The quantitative estimate of drug-likeness (QED) is 0.775. The van der Waals surface area contributed by atoms with E-state index in [-0.39, 0.29) is 0 Å². The number of benzene rings is 1. The van der Waals surface area contributed by atoms with E-state index < -0.39 is 6.10 Å². The number of hydrogen-bond acceptors (Lipinski definition) is 6. The Bertz CT molecular complexity index is 836. The fraction of sp³-hybridized carbons (Fsp3) is 0.389. The van der Waals surface area contributed by atoms with Gasteiger partial charge in [-0.2, -0.15) is 4.52 Å². The van der Waals surface area contributed by atoms with Crippen LogP contribution in [-0.2, 0) is 0 Å². The number of anilines is 1. The van der Waals surface area contributed by atoms with Crippen LogP contribution in [-0.4, -0.2) is 62.0 Å². The van der Waals surface area contributed by atoms with Crippen LogP contribution in [0.2, 0.25) is 0 Å². The Kier molecular flexibility index (Phi) is 4.33. The lowest BCUT2D eigenvalue weighted by atomic mass is 10.1. The summed E-state index contributed by atoms with van der Waals surface area (Å²) in [6.07, 6.45) is 1.17. The fourth-order valence-corrected chi connectivity index (χ4v) is 3.44. The lowest BCUT2D eigenvalue weighted by Crippen LogP contribution is -2.53. The van der Waals surface area contributed by atoms with Gasteiger partial charge in [-0.1, -0.05) is 30.3 Å². The van der Waals surface area contributed by atoms with E-state index in [9.17, 15) is 5.11 Å². The summed E-state index contributed by atoms with van der Waals surface area (Å²) in [5, 5.41) is 22.9. The largest absolute Gasteiger partial charge is 0.387 e. The Labute approximate surface area is 146 Å². The lowest BCUT2D eigenvalue weighted by Gasteiger charge is -2.41. The molecule has 1 N–H and O–H groups in total. The van der Waals surface area contributed by atoms with Gasteiger partial charge in [0.2, 0.25) is 0 Å². The zero-order valence-electron chi connectivity index (χ0n) is 14.2. The first-order valence-electron chi connectivity index (χ1n) is 8.60. The number of aromatic nitrogens is 4. The summed E-state index contributed by atoms with van der Waals surface area (Å²) in [6.45, 7) is 5.52. The molecule has 1 aliphatic rings. The molecule has 1 fully saturated rings. The van der Waals surface area contributed by atoms with Gasteiger partial charge in [0.15, 0.2) is 5.65 Å². The average Bonchev–Trinajstić information content (AvgIpc) is 3.10. The minimum absolute atomic E-state index is 0.318. The second-order valence-corrected chi connectivity index (χ2v) is 6.55.